The van der Waals surface area contributed by atoms with Gasteiger partial charge in [-0.3, -0.25) is 5.41 Å². The average Bonchev–Trinajstić information content (AvgIpc) is 2.71. The lowest BCUT2D eigenvalue weighted by atomic mass is 10.4. The summed E-state index contributed by atoms with van der Waals surface area (Å²) in [5.74, 6) is -0.0570. The van der Waals surface area contributed by atoms with Crippen molar-refractivity contribution in [3.05, 3.63) is 29.5 Å². The quantitative estimate of drug-likeness (QED) is 0.478. The molecule has 3 N–H and O–H groups in total. The van der Waals surface area contributed by atoms with Crippen molar-refractivity contribution in [1.29, 1.82) is 5.41 Å². The van der Waals surface area contributed by atoms with Crippen molar-refractivity contribution < 1.29 is 0 Å². The first-order valence-electron chi connectivity index (χ1n) is 4.00. The molecule has 0 unspecified atom stereocenters. The van der Waals surface area contributed by atoms with Crippen LogP contribution >= 0.6 is 23.1 Å². The van der Waals surface area contributed by atoms with E-state index in [1.165, 1.54) is 23.1 Å². The van der Waals surface area contributed by atoms with Gasteiger partial charge in [0.05, 0.1) is 0 Å². The molecule has 0 atom stereocenters. The summed E-state index contributed by atoms with van der Waals surface area (Å²) in [6.45, 7) is 0. The highest BCUT2D eigenvalue weighted by Gasteiger charge is 2.05. The molecule has 0 fully saturated rings. The topological polar surface area (TPSA) is 88.5 Å². The average molecular weight is 237 g/mol. The second kappa shape index (κ2) is 4.37. The number of hydrogen-bond acceptors (Lipinski definition) is 6. The van der Waals surface area contributed by atoms with Crippen molar-refractivity contribution in [2.45, 2.75) is 9.50 Å². The third-order valence-corrected chi connectivity index (χ3v) is 3.26. The van der Waals surface area contributed by atoms with Crippen LogP contribution in [0.5, 0.6) is 0 Å². The van der Waals surface area contributed by atoms with E-state index in [1.807, 2.05) is 5.38 Å². The van der Waals surface area contributed by atoms with Crippen LogP contribution in [0.25, 0.3) is 0 Å². The van der Waals surface area contributed by atoms with E-state index < -0.39 is 0 Å². The van der Waals surface area contributed by atoms with Crippen LogP contribution in [0.4, 0.5) is 0 Å². The molecule has 0 amide bonds. The largest absolute Gasteiger partial charge is 0.382 e. The summed E-state index contributed by atoms with van der Waals surface area (Å²) in [4.78, 5) is 12.3. The van der Waals surface area contributed by atoms with Crippen LogP contribution < -0.4 is 5.73 Å². The fraction of sp³-hybridized carbons (Fsp3) is 0. The first-order valence-corrected chi connectivity index (χ1v) is 5.70. The molecule has 76 valence electrons. The maximum Gasteiger partial charge on any atom is 0.195 e. The molecule has 2 heterocycles. The van der Waals surface area contributed by atoms with Gasteiger partial charge in [-0.1, -0.05) is 0 Å². The monoisotopic (exact) mass is 237 g/mol. The molecule has 0 saturated heterocycles. The molecule has 5 nitrogen and oxygen atoms in total. The lowest BCUT2D eigenvalue weighted by Gasteiger charge is -1.99. The maximum absolute atomic E-state index is 7.25. The maximum atomic E-state index is 7.25. The number of nitrogen functional groups attached to an aromatic ring is 1. The number of nitrogens with two attached hydrogens (primary N) is 1. The van der Waals surface area contributed by atoms with Crippen LogP contribution in [0.3, 0.4) is 0 Å². The number of rotatable bonds is 3. The molecule has 0 saturated carbocycles. The van der Waals surface area contributed by atoms with E-state index in [0.29, 0.717) is 10.9 Å². The van der Waals surface area contributed by atoms with Crippen LogP contribution in [0, 0.1) is 5.41 Å². The molecule has 2 aromatic heterocycles. The van der Waals surface area contributed by atoms with Crippen LogP contribution in [0.15, 0.2) is 33.3 Å². The molecule has 7 heteroatoms. The van der Waals surface area contributed by atoms with Crippen molar-refractivity contribution in [2.75, 3.05) is 0 Å². The minimum Gasteiger partial charge on any atom is -0.382 e. The summed E-state index contributed by atoms with van der Waals surface area (Å²) >= 11 is 2.88. The SMILES string of the molecule is N=C(N)c1ccnc(Sc2nccs2)n1. The Balaban J connectivity index is 2.22. The third-order valence-electron chi connectivity index (χ3n) is 1.50. The van der Waals surface area contributed by atoms with Crippen LogP contribution in [0.1, 0.15) is 5.69 Å². The molecule has 0 bridgehead atoms. The summed E-state index contributed by atoms with van der Waals surface area (Å²) in [5.41, 5.74) is 5.76. The second-order valence-corrected chi connectivity index (χ2v) is 4.65. The second-order valence-electron chi connectivity index (χ2n) is 2.54. The molecular formula is C8H7N5S2. The molecule has 0 aliphatic heterocycles. The van der Waals surface area contributed by atoms with Gasteiger partial charge in [0.2, 0.25) is 0 Å². The Bertz CT molecular complexity index is 468. The first-order chi connectivity index (χ1) is 7.25. The highest BCUT2D eigenvalue weighted by atomic mass is 32.2. The molecular weight excluding hydrogens is 230 g/mol. The molecule has 0 radical (unpaired) electrons. The minimum absolute atomic E-state index is 0.0570. The first kappa shape index (κ1) is 10.1. The van der Waals surface area contributed by atoms with Crippen LogP contribution in [-0.2, 0) is 0 Å². The van der Waals surface area contributed by atoms with Gasteiger partial charge in [-0.05, 0) is 17.8 Å². The van der Waals surface area contributed by atoms with Gasteiger partial charge in [-0.25, -0.2) is 15.0 Å². The lowest BCUT2D eigenvalue weighted by Crippen LogP contribution is -2.13. The predicted molar refractivity (Wildman–Crippen MR) is 59.3 cm³/mol. The van der Waals surface area contributed by atoms with E-state index in [2.05, 4.69) is 15.0 Å². The van der Waals surface area contributed by atoms with Crippen molar-refractivity contribution in [3.63, 3.8) is 0 Å². The summed E-state index contributed by atoms with van der Waals surface area (Å²) in [5, 5.41) is 9.69. The fourth-order valence-corrected chi connectivity index (χ4v) is 2.35. The lowest BCUT2D eigenvalue weighted by molar-refractivity contribution is 0.952. The number of nitrogens with zero attached hydrogens (tertiary/aromatic N) is 3. The van der Waals surface area contributed by atoms with E-state index in [4.69, 9.17) is 11.1 Å². The Hall–Kier alpha value is -1.47. The van der Waals surface area contributed by atoms with Crippen molar-refractivity contribution in [3.8, 4) is 0 Å². The Kier molecular flexibility index (Phi) is 2.93. The highest BCUT2D eigenvalue weighted by Crippen LogP contribution is 2.25. The summed E-state index contributed by atoms with van der Waals surface area (Å²) < 4.78 is 0.871. The predicted octanol–water partition coefficient (Wildman–Crippen LogP) is 1.37. The van der Waals surface area contributed by atoms with Gasteiger partial charge in [-0.2, -0.15) is 0 Å². The zero-order chi connectivity index (χ0) is 10.7. The van der Waals surface area contributed by atoms with Gasteiger partial charge in [0.1, 0.15) is 11.5 Å². The molecule has 0 aliphatic carbocycles. The number of aromatic nitrogens is 3. The Morgan fingerprint density at radius 3 is 2.93 bits per heavy atom. The Morgan fingerprint density at radius 1 is 1.40 bits per heavy atom. The van der Waals surface area contributed by atoms with Gasteiger partial charge in [0.25, 0.3) is 0 Å². The molecule has 2 rings (SSSR count). The molecule has 15 heavy (non-hydrogen) atoms. The smallest absolute Gasteiger partial charge is 0.195 e. The van der Waals surface area contributed by atoms with E-state index in [0.717, 1.165) is 4.34 Å². The van der Waals surface area contributed by atoms with Gasteiger partial charge >= 0.3 is 0 Å². The summed E-state index contributed by atoms with van der Waals surface area (Å²) in [6.07, 6.45) is 3.31. The number of amidine groups is 1. The zero-order valence-electron chi connectivity index (χ0n) is 7.54. The zero-order valence-corrected chi connectivity index (χ0v) is 9.18. The highest BCUT2D eigenvalue weighted by molar-refractivity contribution is 8.00. The van der Waals surface area contributed by atoms with E-state index in [1.54, 1.807) is 18.5 Å². The number of nitrogens with one attached hydrogen (secondary N) is 1. The standard InChI is InChI=1S/C8H7N5S2/c9-6(10)5-1-2-11-7(13-5)15-8-12-3-4-14-8/h1-4H,(H3,9,10). The van der Waals surface area contributed by atoms with Gasteiger partial charge < -0.3 is 5.73 Å². The van der Waals surface area contributed by atoms with Crippen molar-refractivity contribution in [1.82, 2.24) is 15.0 Å². The van der Waals surface area contributed by atoms with Crippen LogP contribution in [-0.4, -0.2) is 20.8 Å². The molecule has 0 spiro atoms. The van der Waals surface area contributed by atoms with Gasteiger partial charge in [0.15, 0.2) is 9.50 Å². The summed E-state index contributed by atoms with van der Waals surface area (Å²) in [6, 6.07) is 1.61. The third kappa shape index (κ3) is 2.51. The van der Waals surface area contributed by atoms with Crippen LogP contribution in [0.2, 0.25) is 0 Å². The number of hydrogen-bond donors (Lipinski definition) is 2. The van der Waals surface area contributed by atoms with E-state index in [-0.39, 0.29) is 5.84 Å². The fourth-order valence-electron chi connectivity index (χ4n) is 0.879. The summed E-state index contributed by atoms with van der Waals surface area (Å²) in [7, 11) is 0. The Labute approximate surface area is 94.3 Å². The van der Waals surface area contributed by atoms with E-state index >= 15 is 0 Å². The van der Waals surface area contributed by atoms with Gasteiger partial charge in [-0.15, -0.1) is 11.3 Å². The normalized spacial score (nSPS) is 10.1. The van der Waals surface area contributed by atoms with Crippen molar-refractivity contribution >= 4 is 28.9 Å². The molecule has 2 aromatic rings. The number of thiazole rings is 1. The molecule has 0 aliphatic rings. The van der Waals surface area contributed by atoms with Crippen molar-refractivity contribution in [2.24, 2.45) is 5.73 Å². The molecule has 0 aromatic carbocycles. The van der Waals surface area contributed by atoms with Gasteiger partial charge in [0, 0.05) is 17.8 Å². The Morgan fingerprint density at radius 2 is 2.27 bits per heavy atom. The minimum atomic E-state index is -0.0570. The van der Waals surface area contributed by atoms with E-state index in [9.17, 15) is 0 Å².